The van der Waals surface area contributed by atoms with Crippen molar-refractivity contribution < 1.29 is 5.11 Å². The molecule has 0 radical (unpaired) electrons. The molecule has 86 valence electrons. The number of nitrogens with zero attached hydrogens (tertiary/aromatic N) is 1. The molecule has 0 spiro atoms. The van der Waals surface area contributed by atoms with E-state index in [0.717, 1.165) is 17.2 Å². The van der Waals surface area contributed by atoms with Gasteiger partial charge in [0, 0.05) is 4.88 Å². The van der Waals surface area contributed by atoms with Gasteiger partial charge in [-0.1, -0.05) is 13.8 Å². The van der Waals surface area contributed by atoms with Gasteiger partial charge in [-0.3, -0.25) is 0 Å². The Morgan fingerprint density at radius 2 is 2.07 bits per heavy atom. The second kappa shape index (κ2) is 5.47. The Kier molecular flexibility index (Phi) is 4.54. The lowest BCUT2D eigenvalue weighted by Crippen LogP contribution is -2.25. The maximum absolute atomic E-state index is 9.23. The molecule has 4 heteroatoms. The van der Waals surface area contributed by atoms with Gasteiger partial charge in [-0.05, 0) is 26.2 Å². The summed E-state index contributed by atoms with van der Waals surface area (Å²) in [5.41, 5.74) is 1.07. The van der Waals surface area contributed by atoms with E-state index in [1.54, 1.807) is 11.3 Å². The molecule has 0 fully saturated rings. The number of nitrogens with one attached hydrogen (secondary N) is 1. The number of aliphatic hydroxyl groups excluding tert-OH is 1. The zero-order valence-electron chi connectivity index (χ0n) is 9.87. The predicted molar refractivity (Wildman–Crippen MR) is 65.5 cm³/mol. The zero-order valence-corrected chi connectivity index (χ0v) is 10.7. The van der Waals surface area contributed by atoms with Gasteiger partial charge in [0.15, 0.2) is 5.13 Å². The lowest BCUT2D eigenvalue weighted by atomic mass is 10.0. The monoisotopic (exact) mass is 228 g/mol. The van der Waals surface area contributed by atoms with Crippen LogP contribution in [0.25, 0.3) is 0 Å². The Morgan fingerprint density at radius 1 is 1.40 bits per heavy atom. The number of hydrogen-bond acceptors (Lipinski definition) is 4. The summed E-state index contributed by atoms with van der Waals surface area (Å²) in [6.45, 7) is 8.54. The van der Waals surface area contributed by atoms with Crippen LogP contribution >= 0.6 is 11.3 Å². The third-order valence-electron chi connectivity index (χ3n) is 2.33. The van der Waals surface area contributed by atoms with Crippen molar-refractivity contribution in [1.82, 2.24) is 4.98 Å². The van der Waals surface area contributed by atoms with Gasteiger partial charge in [-0.15, -0.1) is 11.3 Å². The molecular weight excluding hydrogens is 208 g/mol. The fourth-order valence-corrected chi connectivity index (χ4v) is 2.35. The number of aryl methyl sites for hydroxylation is 2. The van der Waals surface area contributed by atoms with Crippen LogP contribution in [0.4, 0.5) is 5.13 Å². The summed E-state index contributed by atoms with van der Waals surface area (Å²) >= 11 is 1.65. The summed E-state index contributed by atoms with van der Waals surface area (Å²) in [6, 6.07) is 0.120. The van der Waals surface area contributed by atoms with Crippen molar-refractivity contribution in [2.24, 2.45) is 5.92 Å². The molecule has 1 unspecified atom stereocenters. The first-order valence-electron chi connectivity index (χ1n) is 5.34. The van der Waals surface area contributed by atoms with Crippen molar-refractivity contribution >= 4 is 16.5 Å². The Labute approximate surface area is 95.6 Å². The Balaban J connectivity index is 2.58. The first-order chi connectivity index (χ1) is 7.02. The number of aromatic nitrogens is 1. The highest BCUT2D eigenvalue weighted by atomic mass is 32.1. The Morgan fingerprint density at radius 3 is 2.47 bits per heavy atom. The summed E-state index contributed by atoms with van der Waals surface area (Å²) in [5.74, 6) is 0.580. The number of thiazole rings is 1. The second-order valence-electron chi connectivity index (χ2n) is 4.31. The fraction of sp³-hybridized carbons (Fsp3) is 0.727. The molecule has 1 aromatic rings. The predicted octanol–water partition coefficient (Wildman–Crippen LogP) is 2.58. The largest absolute Gasteiger partial charge is 0.394 e. The zero-order chi connectivity index (χ0) is 11.4. The lowest BCUT2D eigenvalue weighted by Gasteiger charge is -2.17. The van der Waals surface area contributed by atoms with E-state index in [0.29, 0.717) is 5.92 Å². The molecule has 0 bridgehead atoms. The van der Waals surface area contributed by atoms with Crippen LogP contribution in [-0.4, -0.2) is 22.7 Å². The van der Waals surface area contributed by atoms with E-state index in [1.807, 2.05) is 6.92 Å². The number of rotatable bonds is 5. The fourth-order valence-electron chi connectivity index (χ4n) is 1.46. The van der Waals surface area contributed by atoms with E-state index in [-0.39, 0.29) is 12.6 Å². The summed E-state index contributed by atoms with van der Waals surface area (Å²) in [4.78, 5) is 5.64. The minimum atomic E-state index is 0.120. The SMILES string of the molecule is Cc1nc(NC(CO)CC(C)C)sc1C. The third kappa shape index (κ3) is 3.80. The first kappa shape index (κ1) is 12.5. The van der Waals surface area contributed by atoms with Gasteiger partial charge in [0.1, 0.15) is 0 Å². The van der Waals surface area contributed by atoms with Gasteiger partial charge in [0.25, 0.3) is 0 Å². The van der Waals surface area contributed by atoms with Crippen LogP contribution in [0.2, 0.25) is 0 Å². The van der Waals surface area contributed by atoms with Crippen molar-refractivity contribution in [2.45, 2.75) is 40.2 Å². The van der Waals surface area contributed by atoms with Gasteiger partial charge in [-0.2, -0.15) is 0 Å². The number of hydrogen-bond donors (Lipinski definition) is 2. The van der Waals surface area contributed by atoms with Gasteiger partial charge in [0.05, 0.1) is 18.3 Å². The van der Waals surface area contributed by atoms with Crippen molar-refractivity contribution in [3.05, 3.63) is 10.6 Å². The van der Waals surface area contributed by atoms with Gasteiger partial charge < -0.3 is 10.4 Å². The summed E-state index contributed by atoms with van der Waals surface area (Å²) in [7, 11) is 0. The van der Waals surface area contributed by atoms with E-state index in [4.69, 9.17) is 0 Å². The van der Waals surface area contributed by atoms with Gasteiger partial charge in [0.2, 0.25) is 0 Å². The number of anilines is 1. The molecule has 0 amide bonds. The summed E-state index contributed by atoms with van der Waals surface area (Å²) in [6.07, 6.45) is 0.966. The standard InChI is InChI=1S/C11H20N2OS/c1-7(2)5-10(6-14)13-11-12-8(3)9(4)15-11/h7,10,14H,5-6H2,1-4H3,(H,12,13). The maximum atomic E-state index is 9.23. The van der Waals surface area contributed by atoms with Crippen LogP contribution < -0.4 is 5.32 Å². The molecule has 2 N–H and O–H groups in total. The van der Waals surface area contributed by atoms with E-state index in [9.17, 15) is 5.11 Å². The van der Waals surface area contributed by atoms with Crippen LogP contribution in [0.3, 0.4) is 0 Å². The van der Waals surface area contributed by atoms with E-state index in [1.165, 1.54) is 4.88 Å². The van der Waals surface area contributed by atoms with E-state index >= 15 is 0 Å². The second-order valence-corrected chi connectivity index (χ2v) is 5.52. The lowest BCUT2D eigenvalue weighted by molar-refractivity contribution is 0.259. The van der Waals surface area contributed by atoms with Crippen LogP contribution in [0.1, 0.15) is 30.8 Å². The molecule has 0 saturated carbocycles. The topological polar surface area (TPSA) is 45.2 Å². The summed E-state index contributed by atoms with van der Waals surface area (Å²) in [5, 5.41) is 13.4. The average molecular weight is 228 g/mol. The Bertz CT molecular complexity index is 290. The van der Waals surface area contributed by atoms with Gasteiger partial charge >= 0.3 is 0 Å². The molecule has 0 aromatic carbocycles. The highest BCUT2D eigenvalue weighted by Crippen LogP contribution is 2.22. The maximum Gasteiger partial charge on any atom is 0.183 e. The average Bonchev–Trinajstić information content (AvgIpc) is 2.44. The highest BCUT2D eigenvalue weighted by Gasteiger charge is 2.12. The van der Waals surface area contributed by atoms with Crippen LogP contribution in [-0.2, 0) is 0 Å². The first-order valence-corrected chi connectivity index (χ1v) is 6.16. The minimum Gasteiger partial charge on any atom is -0.394 e. The molecule has 0 aliphatic heterocycles. The van der Waals surface area contributed by atoms with Crippen LogP contribution in [0, 0.1) is 19.8 Å². The van der Waals surface area contributed by atoms with E-state index < -0.39 is 0 Å². The molecule has 1 rings (SSSR count). The van der Waals surface area contributed by atoms with Crippen LogP contribution in [0.15, 0.2) is 0 Å². The van der Waals surface area contributed by atoms with Crippen molar-refractivity contribution in [3.63, 3.8) is 0 Å². The normalized spacial score (nSPS) is 13.2. The summed E-state index contributed by atoms with van der Waals surface area (Å²) < 4.78 is 0. The van der Waals surface area contributed by atoms with Crippen molar-refractivity contribution in [2.75, 3.05) is 11.9 Å². The minimum absolute atomic E-state index is 0.120. The smallest absolute Gasteiger partial charge is 0.183 e. The molecule has 0 aliphatic rings. The molecule has 1 aromatic heterocycles. The van der Waals surface area contributed by atoms with Crippen molar-refractivity contribution in [1.29, 1.82) is 0 Å². The molecule has 0 saturated heterocycles. The third-order valence-corrected chi connectivity index (χ3v) is 3.34. The van der Waals surface area contributed by atoms with E-state index in [2.05, 4.69) is 31.1 Å². The molecule has 0 aliphatic carbocycles. The Hall–Kier alpha value is -0.610. The van der Waals surface area contributed by atoms with Crippen LogP contribution in [0.5, 0.6) is 0 Å². The molecule has 15 heavy (non-hydrogen) atoms. The molecule has 3 nitrogen and oxygen atoms in total. The number of aliphatic hydroxyl groups is 1. The van der Waals surface area contributed by atoms with Crippen molar-refractivity contribution in [3.8, 4) is 0 Å². The molecule has 1 atom stereocenters. The van der Waals surface area contributed by atoms with Gasteiger partial charge in [-0.25, -0.2) is 4.98 Å². The molecule has 1 heterocycles. The highest BCUT2D eigenvalue weighted by molar-refractivity contribution is 7.15. The quantitative estimate of drug-likeness (QED) is 0.814. The molecular formula is C11H20N2OS.